The Labute approximate surface area is 150 Å². The van der Waals surface area contributed by atoms with Crippen LogP contribution in [0, 0.1) is 0 Å². The average molecular weight is 366 g/mol. The van der Waals surface area contributed by atoms with Crippen LogP contribution in [0.4, 0.5) is 4.79 Å². The van der Waals surface area contributed by atoms with E-state index in [1.807, 2.05) is 20.8 Å². The number of carboxylic acids is 1. The van der Waals surface area contributed by atoms with Gasteiger partial charge in [0.25, 0.3) is 0 Å². The molecule has 2 amide bonds. The van der Waals surface area contributed by atoms with Gasteiger partial charge in [0.1, 0.15) is 11.3 Å². The number of carbonyl (C=O) groups is 2. The molecule has 2 rings (SSSR count). The zero-order valence-electron chi connectivity index (χ0n) is 14.4. The lowest BCUT2D eigenvalue weighted by molar-refractivity contribution is 0.0693. The topological polar surface area (TPSA) is 104 Å². The zero-order valence-corrected chi connectivity index (χ0v) is 15.1. The zero-order chi connectivity index (χ0) is 18.8. The van der Waals surface area contributed by atoms with Gasteiger partial charge in [-0.2, -0.15) is 0 Å². The van der Waals surface area contributed by atoms with E-state index in [0.717, 1.165) is 0 Å². The highest BCUT2D eigenvalue weighted by Crippen LogP contribution is 2.30. The lowest BCUT2D eigenvalue weighted by atomic mass is 10.0. The molecule has 8 heteroatoms. The Morgan fingerprint density at radius 3 is 2.36 bits per heavy atom. The van der Waals surface area contributed by atoms with Crippen molar-refractivity contribution in [1.82, 2.24) is 15.8 Å². The summed E-state index contributed by atoms with van der Waals surface area (Å²) in [6.45, 7) is 7.15. The molecule has 0 aliphatic heterocycles. The smallest absolute Gasteiger partial charge is 0.341 e. The molecule has 25 heavy (non-hydrogen) atoms. The lowest BCUT2D eigenvalue weighted by Crippen LogP contribution is -2.47. The van der Waals surface area contributed by atoms with Crippen molar-refractivity contribution in [3.8, 4) is 11.3 Å². The number of benzene rings is 1. The Hall–Kier alpha value is -2.54. The number of halogens is 1. The van der Waals surface area contributed by atoms with Gasteiger partial charge in [0.2, 0.25) is 0 Å². The van der Waals surface area contributed by atoms with E-state index in [-0.39, 0.29) is 17.0 Å². The third kappa shape index (κ3) is 4.73. The van der Waals surface area contributed by atoms with Gasteiger partial charge >= 0.3 is 12.0 Å². The summed E-state index contributed by atoms with van der Waals surface area (Å²) < 4.78 is 5.23. The Morgan fingerprint density at radius 1 is 1.24 bits per heavy atom. The number of hydrogen-bond acceptors (Lipinski definition) is 4. The third-order valence-electron chi connectivity index (χ3n) is 3.28. The minimum absolute atomic E-state index is 0.0708. The van der Waals surface area contributed by atoms with Gasteiger partial charge in [-0.15, -0.1) is 0 Å². The standard InChI is InChI=1S/C17H20ClN3O4/c1-9(19-16(24)20-17(2,3)4)14-12(15(22)23)13(21-25-14)10-5-7-11(18)8-6-10/h5-9H,1-4H3,(H,22,23)(H2,19,20,24). The number of aromatic carboxylic acids is 1. The molecule has 1 heterocycles. The summed E-state index contributed by atoms with van der Waals surface area (Å²) in [5.41, 5.74) is 0.230. The summed E-state index contributed by atoms with van der Waals surface area (Å²) in [5.74, 6) is -1.12. The highest BCUT2D eigenvalue weighted by molar-refractivity contribution is 6.30. The van der Waals surface area contributed by atoms with Gasteiger partial charge < -0.3 is 20.3 Å². The third-order valence-corrected chi connectivity index (χ3v) is 3.53. The van der Waals surface area contributed by atoms with Crippen molar-refractivity contribution in [3.63, 3.8) is 0 Å². The number of carboxylic acid groups (broad SMARTS) is 1. The van der Waals surface area contributed by atoms with Gasteiger partial charge in [0, 0.05) is 16.1 Å². The summed E-state index contributed by atoms with van der Waals surface area (Å²) in [5, 5.41) is 19.4. The molecule has 0 spiro atoms. The molecule has 0 fully saturated rings. The van der Waals surface area contributed by atoms with Crippen molar-refractivity contribution in [1.29, 1.82) is 0 Å². The van der Waals surface area contributed by atoms with Crippen LogP contribution in [0.3, 0.4) is 0 Å². The van der Waals surface area contributed by atoms with E-state index in [1.165, 1.54) is 0 Å². The van der Waals surface area contributed by atoms with Gasteiger partial charge in [0.05, 0.1) is 6.04 Å². The second-order valence-corrected chi connectivity index (χ2v) is 7.09. The van der Waals surface area contributed by atoms with Gasteiger partial charge in [-0.1, -0.05) is 28.9 Å². The van der Waals surface area contributed by atoms with E-state index in [2.05, 4.69) is 15.8 Å². The minimum Gasteiger partial charge on any atom is -0.477 e. The van der Waals surface area contributed by atoms with E-state index in [1.54, 1.807) is 31.2 Å². The Morgan fingerprint density at radius 2 is 1.84 bits per heavy atom. The number of carbonyl (C=O) groups excluding carboxylic acids is 1. The molecule has 134 valence electrons. The Balaban J connectivity index is 2.31. The number of amides is 2. The van der Waals surface area contributed by atoms with Crippen LogP contribution in [0.15, 0.2) is 28.8 Å². The van der Waals surface area contributed by atoms with Gasteiger partial charge in [-0.25, -0.2) is 9.59 Å². The second-order valence-electron chi connectivity index (χ2n) is 6.65. The average Bonchev–Trinajstić information content (AvgIpc) is 2.91. The van der Waals surface area contributed by atoms with E-state index in [9.17, 15) is 14.7 Å². The van der Waals surface area contributed by atoms with Crippen molar-refractivity contribution in [3.05, 3.63) is 40.6 Å². The fourth-order valence-corrected chi connectivity index (χ4v) is 2.37. The van der Waals surface area contributed by atoms with E-state index in [0.29, 0.717) is 10.6 Å². The first-order chi connectivity index (χ1) is 11.6. The molecule has 0 bridgehead atoms. The molecule has 0 aliphatic carbocycles. The SMILES string of the molecule is CC(NC(=O)NC(C)(C)C)c1onc(-c2ccc(Cl)cc2)c1C(=O)O. The molecule has 7 nitrogen and oxygen atoms in total. The van der Waals surface area contributed by atoms with Crippen molar-refractivity contribution in [2.45, 2.75) is 39.3 Å². The number of hydrogen-bond donors (Lipinski definition) is 3. The van der Waals surface area contributed by atoms with Crippen LogP contribution < -0.4 is 10.6 Å². The maximum Gasteiger partial charge on any atom is 0.341 e. The fourth-order valence-electron chi connectivity index (χ4n) is 2.25. The summed E-state index contributed by atoms with van der Waals surface area (Å²) in [6, 6.07) is 5.47. The number of rotatable bonds is 4. The van der Waals surface area contributed by atoms with Gasteiger partial charge in [-0.3, -0.25) is 0 Å². The minimum atomic E-state index is -1.19. The van der Waals surface area contributed by atoms with Crippen molar-refractivity contribution < 1.29 is 19.2 Å². The largest absolute Gasteiger partial charge is 0.477 e. The maximum absolute atomic E-state index is 12.0. The summed E-state index contributed by atoms with van der Waals surface area (Å²) in [6.07, 6.45) is 0. The van der Waals surface area contributed by atoms with E-state index < -0.39 is 23.6 Å². The molecule has 2 aromatic rings. The molecule has 1 aromatic carbocycles. The predicted molar refractivity (Wildman–Crippen MR) is 93.7 cm³/mol. The second kappa shape index (κ2) is 7.14. The summed E-state index contributed by atoms with van der Waals surface area (Å²) in [4.78, 5) is 23.7. The van der Waals surface area contributed by atoms with Gasteiger partial charge in [0.15, 0.2) is 5.76 Å². The normalized spacial score (nSPS) is 12.5. The number of nitrogens with one attached hydrogen (secondary N) is 2. The monoisotopic (exact) mass is 365 g/mol. The summed E-state index contributed by atoms with van der Waals surface area (Å²) >= 11 is 5.85. The number of aromatic nitrogens is 1. The highest BCUT2D eigenvalue weighted by atomic mass is 35.5. The van der Waals surface area contributed by atoms with Crippen LogP contribution in [0.2, 0.25) is 5.02 Å². The molecule has 1 atom stereocenters. The van der Waals surface area contributed by atoms with E-state index >= 15 is 0 Å². The molecule has 1 unspecified atom stereocenters. The Kier molecular flexibility index (Phi) is 5.37. The summed E-state index contributed by atoms with van der Waals surface area (Å²) in [7, 11) is 0. The van der Waals surface area contributed by atoms with Crippen molar-refractivity contribution in [2.75, 3.05) is 0 Å². The molecule has 0 radical (unpaired) electrons. The van der Waals surface area contributed by atoms with Crippen LogP contribution >= 0.6 is 11.6 Å². The molecule has 1 aromatic heterocycles. The molecule has 0 saturated heterocycles. The first-order valence-electron chi connectivity index (χ1n) is 7.66. The first kappa shape index (κ1) is 18.8. The van der Waals surface area contributed by atoms with Gasteiger partial charge in [-0.05, 0) is 39.8 Å². The first-order valence-corrected chi connectivity index (χ1v) is 8.04. The molecule has 0 saturated carbocycles. The maximum atomic E-state index is 12.0. The highest BCUT2D eigenvalue weighted by Gasteiger charge is 2.28. The van der Waals surface area contributed by atoms with Crippen molar-refractivity contribution >= 4 is 23.6 Å². The van der Waals surface area contributed by atoms with Crippen LogP contribution in [-0.2, 0) is 0 Å². The Bertz CT molecular complexity index is 778. The van der Waals surface area contributed by atoms with Crippen LogP contribution in [-0.4, -0.2) is 27.8 Å². The molecular weight excluding hydrogens is 346 g/mol. The molecular formula is C17H20ClN3O4. The van der Waals surface area contributed by atoms with Crippen LogP contribution in [0.1, 0.15) is 49.9 Å². The van der Waals surface area contributed by atoms with E-state index in [4.69, 9.17) is 16.1 Å². The predicted octanol–water partition coefficient (Wildman–Crippen LogP) is 3.85. The van der Waals surface area contributed by atoms with Crippen molar-refractivity contribution in [2.24, 2.45) is 0 Å². The number of nitrogens with zero attached hydrogens (tertiary/aromatic N) is 1. The lowest BCUT2D eigenvalue weighted by Gasteiger charge is -2.22. The number of urea groups is 1. The molecule has 0 aliphatic rings. The fraction of sp³-hybridized carbons (Fsp3) is 0.353. The molecule has 3 N–H and O–H groups in total. The quantitative estimate of drug-likeness (QED) is 0.763. The van der Waals surface area contributed by atoms with Crippen LogP contribution in [0.5, 0.6) is 0 Å². The van der Waals surface area contributed by atoms with Crippen LogP contribution in [0.25, 0.3) is 11.3 Å².